The van der Waals surface area contributed by atoms with Crippen LogP contribution in [0, 0.1) is 5.92 Å². The minimum Gasteiger partial charge on any atom is -0.381 e. The molecule has 1 saturated heterocycles. The van der Waals surface area contributed by atoms with Crippen LogP contribution >= 0.6 is 0 Å². The summed E-state index contributed by atoms with van der Waals surface area (Å²) in [6, 6.07) is 8.08. The molecule has 21 heavy (non-hydrogen) atoms. The third-order valence-electron chi connectivity index (χ3n) is 4.52. The summed E-state index contributed by atoms with van der Waals surface area (Å²) < 4.78 is 5.51. The number of nitrogens with one attached hydrogen (secondary N) is 1. The maximum atomic E-state index is 12.8. The van der Waals surface area contributed by atoms with Gasteiger partial charge in [0.05, 0.1) is 6.61 Å². The topological polar surface area (TPSA) is 41.6 Å². The highest BCUT2D eigenvalue weighted by molar-refractivity contribution is 5.83. The molecule has 1 fully saturated rings. The highest BCUT2D eigenvalue weighted by atomic mass is 16.5. The minimum absolute atomic E-state index is 0.174. The van der Waals surface area contributed by atoms with Crippen molar-refractivity contribution >= 4 is 5.91 Å². The standard InChI is InChI=1S/C17H24N2O2/c1-19(11-13-5-4-10-21-12-13)17(20)16-15-7-3-2-6-14(15)8-9-18-16/h2-3,6-7,13,16,18H,4-5,8-12H2,1H3. The van der Waals surface area contributed by atoms with E-state index in [-0.39, 0.29) is 11.9 Å². The summed E-state index contributed by atoms with van der Waals surface area (Å²) in [5.74, 6) is 0.652. The fourth-order valence-electron chi connectivity index (χ4n) is 3.37. The fourth-order valence-corrected chi connectivity index (χ4v) is 3.37. The van der Waals surface area contributed by atoms with Crippen molar-refractivity contribution in [2.75, 3.05) is 33.4 Å². The molecular formula is C17H24N2O2. The molecule has 0 bridgehead atoms. The molecule has 1 N–H and O–H groups in total. The molecule has 114 valence electrons. The van der Waals surface area contributed by atoms with E-state index < -0.39 is 0 Å². The Morgan fingerprint density at radius 2 is 2.29 bits per heavy atom. The van der Waals surface area contributed by atoms with Crippen molar-refractivity contribution in [2.45, 2.75) is 25.3 Å². The van der Waals surface area contributed by atoms with Crippen molar-refractivity contribution in [3.8, 4) is 0 Å². The first kappa shape index (κ1) is 14.5. The van der Waals surface area contributed by atoms with E-state index in [1.54, 1.807) is 0 Å². The Morgan fingerprint density at radius 3 is 3.10 bits per heavy atom. The zero-order valence-electron chi connectivity index (χ0n) is 12.7. The lowest BCUT2D eigenvalue weighted by atomic mass is 9.93. The van der Waals surface area contributed by atoms with Gasteiger partial charge < -0.3 is 15.0 Å². The number of carbonyl (C=O) groups excluding carboxylic acids is 1. The Labute approximate surface area is 126 Å². The molecule has 4 nitrogen and oxygen atoms in total. The van der Waals surface area contributed by atoms with E-state index in [2.05, 4.69) is 23.5 Å². The predicted molar refractivity (Wildman–Crippen MR) is 82.1 cm³/mol. The first-order valence-electron chi connectivity index (χ1n) is 7.89. The summed E-state index contributed by atoms with van der Waals surface area (Å²) in [7, 11) is 1.91. The monoisotopic (exact) mass is 288 g/mol. The maximum Gasteiger partial charge on any atom is 0.244 e. The third-order valence-corrected chi connectivity index (χ3v) is 4.52. The Bertz CT molecular complexity index is 497. The molecule has 0 spiro atoms. The Balaban J connectivity index is 1.67. The number of rotatable bonds is 3. The number of hydrogen-bond donors (Lipinski definition) is 1. The zero-order valence-corrected chi connectivity index (χ0v) is 12.7. The van der Waals surface area contributed by atoms with E-state index in [0.29, 0.717) is 5.92 Å². The third kappa shape index (κ3) is 3.27. The quantitative estimate of drug-likeness (QED) is 0.921. The Morgan fingerprint density at radius 1 is 1.43 bits per heavy atom. The van der Waals surface area contributed by atoms with Crippen molar-refractivity contribution in [3.63, 3.8) is 0 Å². The number of amides is 1. The van der Waals surface area contributed by atoms with Gasteiger partial charge >= 0.3 is 0 Å². The van der Waals surface area contributed by atoms with Crippen LogP contribution in [-0.4, -0.2) is 44.2 Å². The number of likely N-dealkylation sites (N-methyl/N-ethyl adjacent to an activating group) is 1. The van der Waals surface area contributed by atoms with Gasteiger partial charge in [0.25, 0.3) is 0 Å². The largest absolute Gasteiger partial charge is 0.381 e. The van der Waals surface area contributed by atoms with Crippen LogP contribution in [0.5, 0.6) is 0 Å². The van der Waals surface area contributed by atoms with Gasteiger partial charge in [0.1, 0.15) is 6.04 Å². The number of benzene rings is 1. The maximum absolute atomic E-state index is 12.8. The number of nitrogens with zero attached hydrogens (tertiary/aromatic N) is 1. The molecule has 0 aliphatic carbocycles. The molecular weight excluding hydrogens is 264 g/mol. The second kappa shape index (κ2) is 6.58. The highest BCUT2D eigenvalue weighted by Gasteiger charge is 2.29. The second-order valence-corrected chi connectivity index (χ2v) is 6.14. The average molecular weight is 288 g/mol. The molecule has 3 rings (SSSR count). The zero-order chi connectivity index (χ0) is 14.7. The van der Waals surface area contributed by atoms with Crippen molar-refractivity contribution in [1.29, 1.82) is 0 Å². The normalized spacial score (nSPS) is 25.2. The molecule has 2 heterocycles. The van der Waals surface area contributed by atoms with Gasteiger partial charge in [-0.15, -0.1) is 0 Å². The lowest BCUT2D eigenvalue weighted by Gasteiger charge is -2.32. The molecule has 2 unspecified atom stereocenters. The van der Waals surface area contributed by atoms with Crippen LogP contribution in [0.3, 0.4) is 0 Å². The summed E-state index contributed by atoms with van der Waals surface area (Å²) >= 11 is 0. The summed E-state index contributed by atoms with van der Waals surface area (Å²) in [4.78, 5) is 14.6. The minimum atomic E-state index is -0.190. The van der Waals surface area contributed by atoms with E-state index in [1.165, 1.54) is 5.56 Å². The van der Waals surface area contributed by atoms with Crippen LogP contribution in [0.4, 0.5) is 0 Å². The molecule has 0 aromatic heterocycles. The van der Waals surface area contributed by atoms with Crippen LogP contribution in [0.15, 0.2) is 24.3 Å². The molecule has 1 aromatic rings. The molecule has 2 aliphatic heterocycles. The second-order valence-electron chi connectivity index (χ2n) is 6.14. The van der Waals surface area contributed by atoms with Crippen LogP contribution in [0.1, 0.15) is 30.0 Å². The van der Waals surface area contributed by atoms with Gasteiger partial charge in [-0.1, -0.05) is 24.3 Å². The lowest BCUT2D eigenvalue weighted by Crippen LogP contribution is -2.44. The number of carbonyl (C=O) groups is 1. The van der Waals surface area contributed by atoms with E-state index in [1.807, 2.05) is 18.0 Å². The van der Waals surface area contributed by atoms with Gasteiger partial charge in [0, 0.05) is 26.7 Å². The van der Waals surface area contributed by atoms with E-state index in [4.69, 9.17) is 4.74 Å². The number of fused-ring (bicyclic) bond motifs is 1. The van der Waals surface area contributed by atoms with Gasteiger partial charge in [-0.25, -0.2) is 0 Å². The van der Waals surface area contributed by atoms with Crippen molar-refractivity contribution in [3.05, 3.63) is 35.4 Å². The Hall–Kier alpha value is -1.39. The summed E-state index contributed by atoms with van der Waals surface area (Å²) in [6.07, 6.45) is 3.27. The lowest BCUT2D eigenvalue weighted by molar-refractivity contribution is -0.133. The number of hydrogen-bond acceptors (Lipinski definition) is 3. The summed E-state index contributed by atoms with van der Waals surface area (Å²) in [5, 5.41) is 3.37. The molecule has 4 heteroatoms. The first-order chi connectivity index (χ1) is 10.3. The Kier molecular flexibility index (Phi) is 4.56. The molecule has 0 radical (unpaired) electrons. The smallest absolute Gasteiger partial charge is 0.244 e. The van der Waals surface area contributed by atoms with Crippen LogP contribution in [-0.2, 0) is 16.0 Å². The van der Waals surface area contributed by atoms with E-state index in [9.17, 15) is 4.79 Å². The number of ether oxygens (including phenoxy) is 1. The van der Waals surface area contributed by atoms with Gasteiger partial charge in [0.2, 0.25) is 5.91 Å². The van der Waals surface area contributed by atoms with Crippen LogP contribution in [0.25, 0.3) is 0 Å². The molecule has 1 amide bonds. The fraction of sp³-hybridized carbons (Fsp3) is 0.588. The highest BCUT2D eigenvalue weighted by Crippen LogP contribution is 2.25. The van der Waals surface area contributed by atoms with Crippen molar-refractivity contribution in [2.24, 2.45) is 5.92 Å². The first-order valence-corrected chi connectivity index (χ1v) is 7.89. The van der Waals surface area contributed by atoms with Gasteiger partial charge in [-0.3, -0.25) is 4.79 Å². The van der Waals surface area contributed by atoms with Crippen LogP contribution < -0.4 is 5.32 Å². The van der Waals surface area contributed by atoms with Gasteiger partial charge in [-0.2, -0.15) is 0 Å². The molecule has 2 aliphatic rings. The average Bonchev–Trinajstić information content (AvgIpc) is 2.54. The van der Waals surface area contributed by atoms with E-state index >= 15 is 0 Å². The molecule has 2 atom stereocenters. The van der Waals surface area contributed by atoms with Gasteiger partial charge in [0.15, 0.2) is 0 Å². The SMILES string of the molecule is CN(CC1CCCOC1)C(=O)C1NCCc2ccccc21. The van der Waals surface area contributed by atoms with Crippen molar-refractivity contribution in [1.82, 2.24) is 10.2 Å². The van der Waals surface area contributed by atoms with E-state index in [0.717, 1.165) is 51.1 Å². The molecule has 1 aromatic carbocycles. The van der Waals surface area contributed by atoms with Gasteiger partial charge in [-0.05, 0) is 36.3 Å². The van der Waals surface area contributed by atoms with Crippen LogP contribution in [0.2, 0.25) is 0 Å². The molecule has 0 saturated carbocycles. The van der Waals surface area contributed by atoms with Crippen molar-refractivity contribution < 1.29 is 9.53 Å². The summed E-state index contributed by atoms with van der Waals surface area (Å²) in [6.45, 7) is 3.31. The predicted octanol–water partition coefficient (Wildman–Crippen LogP) is 1.76. The summed E-state index contributed by atoms with van der Waals surface area (Å²) in [5.41, 5.74) is 2.43.